The number of nitrogens with one attached hydrogen (secondary N) is 1. The molecule has 3 N–H and O–H groups in total. The molecule has 0 saturated carbocycles. The van der Waals surface area contributed by atoms with Crippen LogP contribution in [0.2, 0.25) is 0 Å². The lowest BCUT2D eigenvalue weighted by atomic mass is 9.74. The molecule has 2 aromatic rings. The minimum Gasteiger partial charge on any atom is -0.462 e. The Morgan fingerprint density at radius 3 is 2.70 bits per heavy atom. The molecule has 2 aliphatic rings. The number of fused-ring (bicyclic) bond motifs is 1. The third kappa shape index (κ3) is 5.37. The molecule has 1 spiro atoms. The minimum absolute atomic E-state index is 0.121. The first-order valence-corrected chi connectivity index (χ1v) is 11.8. The summed E-state index contributed by atoms with van der Waals surface area (Å²) in [5.41, 5.74) is 1.58. The van der Waals surface area contributed by atoms with E-state index in [4.69, 9.17) is 4.74 Å². The van der Waals surface area contributed by atoms with Crippen molar-refractivity contribution in [1.82, 2.24) is 19.8 Å². The molecule has 0 bridgehead atoms. The number of aromatic amines is 1. The number of cyclic esters (lactones) is 1. The van der Waals surface area contributed by atoms with Crippen LogP contribution in [0.5, 0.6) is 0 Å². The summed E-state index contributed by atoms with van der Waals surface area (Å²) < 4.78 is 5.49. The van der Waals surface area contributed by atoms with Crippen molar-refractivity contribution >= 4 is 22.9 Å². The Hall–Kier alpha value is -2.49. The van der Waals surface area contributed by atoms with Gasteiger partial charge in [0.2, 0.25) is 0 Å². The molecule has 1 aromatic heterocycles. The number of nitrogens with zero attached hydrogens (tertiary/aromatic N) is 3. The molecule has 9 heteroatoms. The zero-order chi connectivity index (χ0) is 23.4. The molecule has 4 rings (SSSR count). The molecule has 3 heterocycles. The smallest absolute Gasteiger partial charge is 0.312 e. The number of benzene rings is 1. The Morgan fingerprint density at radius 2 is 1.91 bits per heavy atom. The number of H-pyrrole nitrogens is 1. The predicted octanol–water partition coefficient (Wildman–Crippen LogP) is 1.56. The number of carbonyl (C=O) groups excluding carboxylic acids is 2. The van der Waals surface area contributed by atoms with Gasteiger partial charge in [-0.3, -0.25) is 9.59 Å². The summed E-state index contributed by atoms with van der Waals surface area (Å²) in [6, 6.07) is 5.36. The van der Waals surface area contributed by atoms with Crippen molar-refractivity contribution < 1.29 is 24.5 Å². The van der Waals surface area contributed by atoms with E-state index in [0.29, 0.717) is 37.9 Å². The van der Waals surface area contributed by atoms with E-state index in [0.717, 1.165) is 37.0 Å². The predicted molar refractivity (Wildman–Crippen MR) is 123 cm³/mol. The number of hydrogen-bond donors (Lipinski definition) is 3. The largest absolute Gasteiger partial charge is 0.462 e. The summed E-state index contributed by atoms with van der Waals surface area (Å²) in [6.07, 6.45) is 3.20. The lowest BCUT2D eigenvalue weighted by Crippen LogP contribution is -2.45. The summed E-state index contributed by atoms with van der Waals surface area (Å²) >= 11 is 0. The van der Waals surface area contributed by atoms with Gasteiger partial charge in [0.05, 0.1) is 28.9 Å². The van der Waals surface area contributed by atoms with Gasteiger partial charge < -0.3 is 29.7 Å². The van der Waals surface area contributed by atoms with Gasteiger partial charge in [0.1, 0.15) is 12.7 Å². The fraction of sp³-hybridized carbons (Fsp3) is 0.625. The highest BCUT2D eigenvalue weighted by molar-refractivity contribution is 5.97. The van der Waals surface area contributed by atoms with Gasteiger partial charge in [0, 0.05) is 18.7 Å². The maximum absolute atomic E-state index is 13.3. The maximum Gasteiger partial charge on any atom is 0.312 e. The van der Waals surface area contributed by atoms with Crippen LogP contribution in [0.15, 0.2) is 24.5 Å². The Morgan fingerprint density at radius 1 is 1.12 bits per heavy atom. The average Bonchev–Trinajstić information content (AvgIpc) is 3.30. The molecular formula is C24H34N4O5. The minimum atomic E-state index is -1.18. The SMILES string of the molecule is CN1CCC2(CCCCN(C(=O)c3ccc4nc[nH]c4c3)CC[C@H](O)[C@H](O)COC2=O)CC1. The van der Waals surface area contributed by atoms with E-state index in [1.54, 1.807) is 23.4 Å². The van der Waals surface area contributed by atoms with Crippen molar-refractivity contribution in [3.05, 3.63) is 30.1 Å². The molecule has 180 valence electrons. The quantitative estimate of drug-likeness (QED) is 0.555. The maximum atomic E-state index is 13.3. The number of ether oxygens (including phenoxy) is 1. The van der Waals surface area contributed by atoms with Crippen LogP contribution in [0.4, 0.5) is 0 Å². The van der Waals surface area contributed by atoms with E-state index < -0.39 is 17.6 Å². The van der Waals surface area contributed by atoms with Gasteiger partial charge in [-0.2, -0.15) is 0 Å². The van der Waals surface area contributed by atoms with Gasteiger partial charge in [-0.15, -0.1) is 0 Å². The number of aromatic nitrogens is 2. The Kier molecular flexibility index (Phi) is 7.31. The zero-order valence-electron chi connectivity index (χ0n) is 19.2. The topological polar surface area (TPSA) is 119 Å². The van der Waals surface area contributed by atoms with E-state index in [-0.39, 0.29) is 24.9 Å². The highest BCUT2D eigenvalue weighted by Crippen LogP contribution is 2.38. The number of amides is 1. The Balaban J connectivity index is 1.50. The number of piperidine rings is 1. The average molecular weight is 459 g/mol. The van der Waals surface area contributed by atoms with Crippen molar-refractivity contribution in [2.24, 2.45) is 5.41 Å². The fourth-order valence-electron chi connectivity index (χ4n) is 4.84. The van der Waals surface area contributed by atoms with Gasteiger partial charge in [-0.1, -0.05) is 6.42 Å². The van der Waals surface area contributed by atoms with Crippen LogP contribution < -0.4 is 0 Å². The van der Waals surface area contributed by atoms with Crippen LogP contribution in [0.3, 0.4) is 0 Å². The molecule has 2 saturated heterocycles. The number of aliphatic hydroxyl groups is 2. The van der Waals surface area contributed by atoms with Gasteiger partial charge in [0.15, 0.2) is 0 Å². The highest BCUT2D eigenvalue weighted by Gasteiger charge is 2.42. The van der Waals surface area contributed by atoms with E-state index in [2.05, 4.69) is 14.9 Å². The molecule has 33 heavy (non-hydrogen) atoms. The summed E-state index contributed by atoms with van der Waals surface area (Å²) in [5, 5.41) is 20.8. The van der Waals surface area contributed by atoms with Gasteiger partial charge >= 0.3 is 5.97 Å². The number of aliphatic hydroxyl groups excluding tert-OH is 2. The number of rotatable bonds is 1. The van der Waals surface area contributed by atoms with Crippen molar-refractivity contribution in [2.45, 2.75) is 50.7 Å². The first-order valence-electron chi connectivity index (χ1n) is 11.8. The lowest BCUT2D eigenvalue weighted by molar-refractivity contribution is -0.164. The molecular weight excluding hydrogens is 424 g/mol. The summed E-state index contributed by atoms with van der Waals surface area (Å²) in [7, 11) is 2.04. The van der Waals surface area contributed by atoms with Crippen LogP contribution in [0, 0.1) is 5.41 Å². The van der Waals surface area contributed by atoms with Gasteiger partial charge in [-0.05, 0) is 70.4 Å². The van der Waals surface area contributed by atoms with Crippen LogP contribution >= 0.6 is 0 Å². The van der Waals surface area contributed by atoms with Crippen molar-refractivity contribution in [2.75, 3.05) is 39.8 Å². The molecule has 2 fully saturated rings. The van der Waals surface area contributed by atoms with Gasteiger partial charge in [-0.25, -0.2) is 4.98 Å². The standard InChI is InChI=1S/C24H34N4O5/c1-27-12-8-24(9-13-27)7-2-3-10-28(11-6-20(29)21(30)15-33-23(24)32)22(31)17-4-5-18-19(14-17)26-16-25-18/h4-5,14,16,20-21,29-30H,2-3,6-13,15H2,1H3,(H,25,26)/t20-,21+/m0/s1. The number of carbonyl (C=O) groups is 2. The number of imidazole rings is 1. The summed E-state index contributed by atoms with van der Waals surface area (Å²) in [4.78, 5) is 37.4. The first-order chi connectivity index (χ1) is 15.9. The summed E-state index contributed by atoms with van der Waals surface area (Å²) in [6.45, 7) is 2.24. The van der Waals surface area contributed by atoms with Crippen LogP contribution in [-0.2, 0) is 9.53 Å². The molecule has 9 nitrogen and oxygen atoms in total. The first kappa shape index (κ1) is 23.7. The molecule has 0 aliphatic carbocycles. The Bertz CT molecular complexity index is 969. The third-order valence-corrected chi connectivity index (χ3v) is 7.19. The normalized spacial score (nSPS) is 25.8. The van der Waals surface area contributed by atoms with Crippen molar-refractivity contribution in [3.8, 4) is 0 Å². The molecule has 2 aliphatic heterocycles. The molecule has 0 unspecified atom stereocenters. The van der Waals surface area contributed by atoms with Gasteiger partial charge in [0.25, 0.3) is 5.91 Å². The van der Waals surface area contributed by atoms with Crippen LogP contribution in [0.25, 0.3) is 11.0 Å². The van der Waals surface area contributed by atoms with Crippen LogP contribution in [0.1, 0.15) is 48.9 Å². The monoisotopic (exact) mass is 458 g/mol. The zero-order valence-corrected chi connectivity index (χ0v) is 19.2. The second-order valence-corrected chi connectivity index (χ2v) is 9.49. The van der Waals surface area contributed by atoms with E-state index in [1.165, 1.54) is 0 Å². The fourth-order valence-corrected chi connectivity index (χ4v) is 4.84. The lowest BCUT2D eigenvalue weighted by Gasteiger charge is -2.39. The summed E-state index contributed by atoms with van der Waals surface area (Å²) in [5.74, 6) is -0.397. The van der Waals surface area contributed by atoms with Crippen molar-refractivity contribution in [1.29, 1.82) is 0 Å². The highest BCUT2D eigenvalue weighted by atomic mass is 16.5. The van der Waals surface area contributed by atoms with Crippen LogP contribution in [-0.4, -0.2) is 93.9 Å². The third-order valence-electron chi connectivity index (χ3n) is 7.19. The van der Waals surface area contributed by atoms with E-state index in [9.17, 15) is 19.8 Å². The molecule has 0 radical (unpaired) electrons. The Labute approximate surface area is 193 Å². The molecule has 1 aromatic carbocycles. The van der Waals surface area contributed by atoms with E-state index >= 15 is 0 Å². The number of likely N-dealkylation sites (tertiary alicyclic amines) is 1. The second-order valence-electron chi connectivity index (χ2n) is 9.49. The van der Waals surface area contributed by atoms with E-state index in [1.807, 2.05) is 13.1 Å². The molecule has 1 amide bonds. The number of esters is 1. The van der Waals surface area contributed by atoms with Crippen molar-refractivity contribution in [3.63, 3.8) is 0 Å². The molecule has 2 atom stereocenters. The second kappa shape index (κ2) is 10.2. The number of hydrogen-bond acceptors (Lipinski definition) is 7.